The number of carbonyl (C=O) groups is 2. The Hall–Kier alpha value is -4.29. The van der Waals surface area contributed by atoms with E-state index < -0.39 is 5.97 Å². The van der Waals surface area contributed by atoms with Crippen LogP contribution in [-0.4, -0.2) is 24.0 Å². The Morgan fingerprint density at radius 3 is 2.19 bits per heavy atom. The van der Waals surface area contributed by atoms with Crippen molar-refractivity contribution in [2.45, 2.75) is 6.92 Å². The van der Waals surface area contributed by atoms with Crippen molar-refractivity contribution in [1.29, 1.82) is 0 Å². The molecule has 0 radical (unpaired) electrons. The number of ether oxygens (including phenoxy) is 1. The van der Waals surface area contributed by atoms with Crippen LogP contribution >= 0.6 is 15.9 Å². The van der Waals surface area contributed by atoms with Crippen molar-refractivity contribution in [2.24, 2.45) is 0 Å². The lowest BCUT2D eigenvalue weighted by Gasteiger charge is -2.17. The molecule has 1 amide bonds. The normalized spacial score (nSPS) is 10.8. The lowest BCUT2D eigenvalue weighted by molar-refractivity contribution is 0.0600. The molecular weight excluding hydrogens is 528 g/mol. The van der Waals surface area contributed by atoms with Crippen LogP contribution in [0.5, 0.6) is 0 Å². The average molecular weight is 551 g/mol. The van der Waals surface area contributed by atoms with Crippen molar-refractivity contribution >= 4 is 44.4 Å². The Bertz CT molecular complexity index is 1630. The molecule has 6 heteroatoms. The van der Waals surface area contributed by atoms with Gasteiger partial charge in [-0.3, -0.25) is 4.79 Å². The number of methoxy groups -OCH3 is 1. The molecular formula is C31H23BrN2O3. The van der Waals surface area contributed by atoms with Gasteiger partial charge in [-0.15, -0.1) is 0 Å². The highest BCUT2D eigenvalue weighted by molar-refractivity contribution is 9.10. The minimum Gasteiger partial charge on any atom is -0.465 e. The minimum atomic E-state index is -0.441. The monoisotopic (exact) mass is 550 g/mol. The number of pyridine rings is 1. The third-order valence-corrected chi connectivity index (χ3v) is 6.73. The van der Waals surface area contributed by atoms with Crippen LogP contribution in [0.1, 0.15) is 26.3 Å². The number of halogens is 1. The number of fused-ring (bicyclic) bond motifs is 1. The summed E-state index contributed by atoms with van der Waals surface area (Å²) >= 11 is 3.54. The van der Waals surface area contributed by atoms with Crippen LogP contribution < -0.4 is 5.32 Å². The van der Waals surface area contributed by atoms with Gasteiger partial charge in [0.2, 0.25) is 0 Å². The molecule has 0 saturated heterocycles. The van der Waals surface area contributed by atoms with Gasteiger partial charge in [0, 0.05) is 26.7 Å². The molecule has 0 aliphatic heterocycles. The van der Waals surface area contributed by atoms with Crippen LogP contribution in [0.15, 0.2) is 102 Å². The number of carbonyl (C=O) groups excluding carboxylic acids is 2. The molecule has 0 aliphatic carbocycles. The number of hydrogen-bond donors (Lipinski definition) is 1. The molecule has 37 heavy (non-hydrogen) atoms. The summed E-state index contributed by atoms with van der Waals surface area (Å²) in [6.45, 7) is 1.92. The summed E-state index contributed by atoms with van der Waals surface area (Å²) in [6, 6.07) is 30.3. The number of esters is 1. The number of benzene rings is 4. The maximum atomic E-state index is 14.0. The van der Waals surface area contributed by atoms with E-state index in [1.807, 2.05) is 85.8 Å². The van der Waals surface area contributed by atoms with Crippen LogP contribution in [0, 0.1) is 6.92 Å². The molecule has 182 valence electrons. The average Bonchev–Trinajstić information content (AvgIpc) is 2.93. The molecule has 0 saturated carbocycles. The molecule has 5 nitrogen and oxygen atoms in total. The van der Waals surface area contributed by atoms with E-state index in [0.717, 1.165) is 43.3 Å². The smallest absolute Gasteiger partial charge is 0.337 e. The zero-order chi connectivity index (χ0) is 25.9. The summed E-state index contributed by atoms with van der Waals surface area (Å²) in [5.41, 5.74) is 6.32. The van der Waals surface area contributed by atoms with Crippen molar-refractivity contribution in [3.05, 3.63) is 118 Å². The Balaban J connectivity index is 1.66. The molecule has 1 heterocycles. The number of rotatable bonds is 5. The zero-order valence-electron chi connectivity index (χ0n) is 20.3. The number of hydrogen-bond acceptors (Lipinski definition) is 4. The number of nitrogens with zero attached hydrogens (tertiary/aromatic N) is 1. The molecule has 5 aromatic rings. The molecule has 4 aromatic carbocycles. The van der Waals surface area contributed by atoms with E-state index in [1.54, 1.807) is 18.2 Å². The van der Waals surface area contributed by atoms with Crippen LogP contribution in [0.3, 0.4) is 0 Å². The third kappa shape index (κ3) is 4.88. The number of aromatic nitrogens is 1. The second-order valence-corrected chi connectivity index (χ2v) is 9.48. The standard InChI is InChI=1S/C31H23BrN2O3/c1-19-28(25-18-23(32)14-16-27(25)33-29(19)21-11-7-4-8-12-21)30(35)34-26-15-13-22(31(36)37-2)17-24(26)20-9-5-3-6-10-20/h3-18H,1-2H3,(H,34,35). The fourth-order valence-corrected chi connectivity index (χ4v) is 4.80. The summed E-state index contributed by atoms with van der Waals surface area (Å²) in [6.07, 6.45) is 0. The van der Waals surface area contributed by atoms with E-state index in [-0.39, 0.29) is 5.91 Å². The quantitative estimate of drug-likeness (QED) is 0.228. The van der Waals surface area contributed by atoms with Crippen molar-refractivity contribution in [1.82, 2.24) is 4.98 Å². The van der Waals surface area contributed by atoms with E-state index in [4.69, 9.17) is 9.72 Å². The van der Waals surface area contributed by atoms with Gasteiger partial charge >= 0.3 is 5.97 Å². The first-order valence-corrected chi connectivity index (χ1v) is 12.5. The van der Waals surface area contributed by atoms with E-state index in [9.17, 15) is 9.59 Å². The molecule has 1 aromatic heterocycles. The fourth-order valence-electron chi connectivity index (χ4n) is 4.44. The highest BCUT2D eigenvalue weighted by atomic mass is 79.9. The van der Waals surface area contributed by atoms with Crippen LogP contribution in [0.4, 0.5) is 5.69 Å². The Morgan fingerprint density at radius 1 is 0.838 bits per heavy atom. The van der Waals surface area contributed by atoms with Gasteiger partial charge in [0.15, 0.2) is 0 Å². The van der Waals surface area contributed by atoms with Crippen molar-refractivity contribution < 1.29 is 14.3 Å². The predicted molar refractivity (Wildman–Crippen MR) is 151 cm³/mol. The summed E-state index contributed by atoms with van der Waals surface area (Å²) in [5, 5.41) is 3.85. The first-order chi connectivity index (χ1) is 18.0. The van der Waals surface area contributed by atoms with Crippen LogP contribution in [0.2, 0.25) is 0 Å². The lowest BCUT2D eigenvalue weighted by Crippen LogP contribution is -2.16. The highest BCUT2D eigenvalue weighted by Gasteiger charge is 2.21. The highest BCUT2D eigenvalue weighted by Crippen LogP contribution is 2.34. The van der Waals surface area contributed by atoms with Gasteiger partial charge in [0.1, 0.15) is 0 Å². The molecule has 0 unspecified atom stereocenters. The lowest BCUT2D eigenvalue weighted by atomic mass is 9.96. The summed E-state index contributed by atoms with van der Waals surface area (Å²) in [4.78, 5) is 31.1. The topological polar surface area (TPSA) is 68.3 Å². The molecule has 0 aliphatic rings. The van der Waals surface area contributed by atoms with E-state index in [0.29, 0.717) is 16.8 Å². The van der Waals surface area contributed by atoms with Gasteiger partial charge < -0.3 is 10.1 Å². The van der Waals surface area contributed by atoms with E-state index >= 15 is 0 Å². The first kappa shape index (κ1) is 24.4. The second-order valence-electron chi connectivity index (χ2n) is 8.56. The predicted octanol–water partition coefficient (Wildman–Crippen LogP) is 7.68. The summed E-state index contributed by atoms with van der Waals surface area (Å²) < 4.78 is 5.77. The Labute approximate surface area is 223 Å². The zero-order valence-corrected chi connectivity index (χ0v) is 21.9. The molecule has 0 atom stereocenters. The number of anilines is 1. The Morgan fingerprint density at radius 2 is 1.51 bits per heavy atom. The van der Waals surface area contributed by atoms with Gasteiger partial charge in [-0.2, -0.15) is 0 Å². The number of nitrogens with one attached hydrogen (secondary N) is 1. The van der Waals surface area contributed by atoms with Gasteiger partial charge in [-0.1, -0.05) is 76.6 Å². The van der Waals surface area contributed by atoms with Crippen LogP contribution in [0.25, 0.3) is 33.3 Å². The van der Waals surface area contributed by atoms with Gasteiger partial charge in [-0.05, 0) is 54.4 Å². The van der Waals surface area contributed by atoms with E-state index in [1.165, 1.54) is 7.11 Å². The van der Waals surface area contributed by atoms with E-state index in [2.05, 4.69) is 21.2 Å². The first-order valence-electron chi connectivity index (χ1n) is 11.7. The van der Waals surface area contributed by atoms with Gasteiger partial charge in [-0.25, -0.2) is 9.78 Å². The number of amides is 1. The Kier molecular flexibility index (Phi) is 6.84. The molecule has 0 spiro atoms. The second kappa shape index (κ2) is 10.4. The SMILES string of the molecule is COC(=O)c1ccc(NC(=O)c2c(C)c(-c3ccccc3)nc3ccc(Br)cc23)c(-c2ccccc2)c1. The van der Waals surface area contributed by atoms with Gasteiger partial charge in [0.05, 0.1) is 29.4 Å². The van der Waals surface area contributed by atoms with Crippen molar-refractivity contribution in [3.63, 3.8) is 0 Å². The largest absolute Gasteiger partial charge is 0.465 e. The summed E-state index contributed by atoms with van der Waals surface area (Å²) in [7, 11) is 1.35. The molecule has 0 bridgehead atoms. The minimum absolute atomic E-state index is 0.261. The van der Waals surface area contributed by atoms with Gasteiger partial charge in [0.25, 0.3) is 5.91 Å². The molecule has 1 N–H and O–H groups in total. The van der Waals surface area contributed by atoms with Crippen LogP contribution in [-0.2, 0) is 4.74 Å². The molecule has 0 fully saturated rings. The summed E-state index contributed by atoms with van der Waals surface area (Å²) in [5.74, 6) is -0.702. The molecule has 5 rings (SSSR count). The fraction of sp³-hybridized carbons (Fsp3) is 0.0645. The third-order valence-electron chi connectivity index (χ3n) is 6.24. The van der Waals surface area contributed by atoms with Crippen molar-refractivity contribution in [2.75, 3.05) is 12.4 Å². The maximum Gasteiger partial charge on any atom is 0.337 e. The maximum absolute atomic E-state index is 14.0. The van der Waals surface area contributed by atoms with Crippen molar-refractivity contribution in [3.8, 4) is 22.4 Å².